The van der Waals surface area contributed by atoms with Crippen LogP contribution in [0.5, 0.6) is 0 Å². The molecule has 2 heterocycles. The first-order chi connectivity index (χ1) is 14.2. The Hall–Kier alpha value is -2.43. The molecular formula is C19H16ClF3N4O2S. The monoisotopic (exact) mass is 456 g/mol. The summed E-state index contributed by atoms with van der Waals surface area (Å²) in [6.07, 6.45) is -4.68. The van der Waals surface area contributed by atoms with Crippen LogP contribution in [-0.2, 0) is 16.2 Å². The molecule has 3 aromatic rings. The van der Waals surface area contributed by atoms with Crippen molar-refractivity contribution in [2.45, 2.75) is 11.1 Å². The molecule has 2 aromatic carbocycles. The van der Waals surface area contributed by atoms with Gasteiger partial charge in [-0.2, -0.15) is 17.5 Å². The number of benzene rings is 2. The molecule has 0 bridgehead atoms. The Labute approximate surface area is 176 Å². The first-order valence-corrected chi connectivity index (χ1v) is 10.8. The van der Waals surface area contributed by atoms with Gasteiger partial charge in [0.15, 0.2) is 11.5 Å². The van der Waals surface area contributed by atoms with Crippen molar-refractivity contribution in [3.05, 3.63) is 59.2 Å². The number of hydrogen-bond donors (Lipinski definition) is 0. The molecule has 11 heteroatoms. The topological polar surface area (TPSA) is 66.4 Å². The zero-order valence-corrected chi connectivity index (χ0v) is 17.0. The number of fused-ring (bicyclic) bond motifs is 1. The van der Waals surface area contributed by atoms with E-state index in [9.17, 15) is 21.6 Å². The molecule has 0 aliphatic carbocycles. The van der Waals surface area contributed by atoms with Gasteiger partial charge in [-0.15, -0.1) is 0 Å². The van der Waals surface area contributed by atoms with Gasteiger partial charge in [-0.25, -0.2) is 18.4 Å². The van der Waals surface area contributed by atoms with Gasteiger partial charge in [0.2, 0.25) is 10.0 Å². The zero-order chi connectivity index (χ0) is 21.5. The fourth-order valence-electron chi connectivity index (χ4n) is 3.32. The molecule has 1 fully saturated rings. The highest BCUT2D eigenvalue weighted by atomic mass is 35.5. The van der Waals surface area contributed by atoms with Crippen molar-refractivity contribution < 1.29 is 21.6 Å². The van der Waals surface area contributed by atoms with E-state index in [0.29, 0.717) is 5.52 Å². The highest BCUT2D eigenvalue weighted by molar-refractivity contribution is 7.89. The summed E-state index contributed by atoms with van der Waals surface area (Å²) in [6.45, 7) is 0.132. The van der Waals surface area contributed by atoms with Crippen LogP contribution in [-0.4, -0.2) is 48.9 Å². The third-order valence-corrected chi connectivity index (χ3v) is 6.92. The molecule has 1 aliphatic heterocycles. The van der Waals surface area contributed by atoms with Crippen molar-refractivity contribution in [3.8, 4) is 0 Å². The average Bonchev–Trinajstić information content (AvgIpc) is 2.72. The summed E-state index contributed by atoms with van der Waals surface area (Å²) in [5, 5.41) is 0.288. The lowest BCUT2D eigenvalue weighted by atomic mass is 10.2. The molecule has 1 saturated heterocycles. The number of piperazine rings is 1. The Morgan fingerprint density at radius 1 is 0.900 bits per heavy atom. The summed E-state index contributed by atoms with van der Waals surface area (Å²) in [4.78, 5) is 9.42. The maximum absolute atomic E-state index is 13.6. The second-order valence-electron chi connectivity index (χ2n) is 6.73. The van der Waals surface area contributed by atoms with Crippen molar-refractivity contribution in [2.75, 3.05) is 31.1 Å². The van der Waals surface area contributed by atoms with E-state index in [1.165, 1.54) is 33.5 Å². The van der Waals surface area contributed by atoms with Crippen molar-refractivity contribution in [1.82, 2.24) is 14.3 Å². The second kappa shape index (κ2) is 7.68. The van der Waals surface area contributed by atoms with E-state index in [1.54, 1.807) is 24.3 Å². The first-order valence-electron chi connectivity index (χ1n) is 9.01. The second-order valence-corrected chi connectivity index (χ2v) is 9.11. The van der Waals surface area contributed by atoms with E-state index < -0.39 is 21.9 Å². The van der Waals surface area contributed by atoms with E-state index in [1.807, 2.05) is 0 Å². The highest BCUT2D eigenvalue weighted by Gasteiger charge is 2.39. The minimum Gasteiger partial charge on any atom is -0.352 e. The molecule has 30 heavy (non-hydrogen) atoms. The van der Waals surface area contributed by atoms with Gasteiger partial charge in [-0.05, 0) is 30.3 Å². The smallest absolute Gasteiger partial charge is 0.352 e. The standard InChI is InChI=1S/C19H16ClF3N4O2S/c20-13-4-3-5-14(12-13)30(28,29)27-10-8-26(9-11-27)18-17(19(21,22)23)24-15-6-1-2-7-16(15)25-18/h1-7,12H,8-11H2. The number of nitrogens with zero attached hydrogens (tertiary/aromatic N) is 4. The Kier molecular flexibility index (Phi) is 5.33. The maximum atomic E-state index is 13.6. The van der Waals surface area contributed by atoms with Gasteiger partial charge in [-0.1, -0.05) is 29.8 Å². The largest absolute Gasteiger partial charge is 0.437 e. The number of hydrogen-bond acceptors (Lipinski definition) is 5. The summed E-state index contributed by atoms with van der Waals surface area (Å²) < 4.78 is 67.7. The van der Waals surface area contributed by atoms with Gasteiger partial charge in [0.1, 0.15) is 0 Å². The molecule has 0 radical (unpaired) electrons. The minimum absolute atomic E-state index is 0.0145. The quantitative estimate of drug-likeness (QED) is 0.599. The Balaban J connectivity index is 1.62. The van der Waals surface area contributed by atoms with Crippen LogP contribution in [0.3, 0.4) is 0 Å². The molecule has 0 unspecified atom stereocenters. The molecule has 1 aromatic heterocycles. The lowest BCUT2D eigenvalue weighted by Crippen LogP contribution is -2.49. The van der Waals surface area contributed by atoms with Crippen LogP contribution < -0.4 is 4.90 Å². The fourth-order valence-corrected chi connectivity index (χ4v) is 5.04. The molecule has 6 nitrogen and oxygen atoms in total. The van der Waals surface area contributed by atoms with Gasteiger partial charge in [0.05, 0.1) is 15.9 Å². The summed E-state index contributed by atoms with van der Waals surface area (Å²) in [5.74, 6) is -0.291. The van der Waals surface area contributed by atoms with Crippen LogP contribution in [0, 0.1) is 0 Å². The number of aromatic nitrogens is 2. The van der Waals surface area contributed by atoms with Crippen molar-refractivity contribution >= 4 is 38.5 Å². The highest BCUT2D eigenvalue weighted by Crippen LogP contribution is 2.36. The van der Waals surface area contributed by atoms with Gasteiger partial charge < -0.3 is 4.90 Å². The summed E-state index contributed by atoms with van der Waals surface area (Å²) in [6, 6.07) is 12.2. The number of anilines is 1. The van der Waals surface area contributed by atoms with Gasteiger partial charge in [0.25, 0.3) is 0 Å². The van der Waals surface area contributed by atoms with Crippen molar-refractivity contribution in [1.29, 1.82) is 0 Å². The normalized spacial score (nSPS) is 16.2. The van der Waals surface area contributed by atoms with Crippen LogP contribution in [0.15, 0.2) is 53.4 Å². The van der Waals surface area contributed by atoms with Gasteiger partial charge in [-0.3, -0.25) is 0 Å². The van der Waals surface area contributed by atoms with Gasteiger partial charge >= 0.3 is 6.18 Å². The molecule has 1 aliphatic rings. The Bertz CT molecular complexity index is 1200. The SMILES string of the molecule is O=S(=O)(c1cccc(Cl)c1)N1CCN(c2nc3ccccc3nc2C(F)(F)F)CC1. The van der Waals surface area contributed by atoms with Crippen molar-refractivity contribution in [2.24, 2.45) is 0 Å². The number of rotatable bonds is 3. The molecule has 158 valence electrons. The summed E-state index contributed by atoms with van der Waals surface area (Å²) in [7, 11) is -3.80. The van der Waals surface area contributed by atoms with Crippen LogP contribution in [0.4, 0.5) is 19.0 Å². The van der Waals surface area contributed by atoms with E-state index in [0.717, 1.165) is 0 Å². The van der Waals surface area contributed by atoms with Crippen LogP contribution in [0.25, 0.3) is 11.0 Å². The average molecular weight is 457 g/mol. The summed E-state index contributed by atoms with van der Waals surface area (Å²) >= 11 is 5.89. The number of alkyl halides is 3. The molecule has 0 atom stereocenters. The lowest BCUT2D eigenvalue weighted by Gasteiger charge is -2.35. The molecule has 4 rings (SSSR count). The van der Waals surface area contributed by atoms with Crippen LogP contribution >= 0.6 is 11.6 Å². The Morgan fingerprint density at radius 2 is 1.53 bits per heavy atom. The van der Waals surface area contributed by atoms with E-state index >= 15 is 0 Å². The zero-order valence-electron chi connectivity index (χ0n) is 15.5. The summed E-state index contributed by atoms with van der Waals surface area (Å²) in [5.41, 5.74) is -0.586. The molecule has 0 spiro atoms. The van der Waals surface area contributed by atoms with E-state index in [4.69, 9.17) is 11.6 Å². The first kappa shape index (κ1) is 20.8. The Morgan fingerprint density at radius 3 is 2.13 bits per heavy atom. The number of sulfonamides is 1. The maximum Gasteiger partial charge on any atom is 0.437 e. The molecule has 0 amide bonds. The molecule has 0 saturated carbocycles. The fraction of sp³-hybridized carbons (Fsp3) is 0.263. The van der Waals surface area contributed by atoms with E-state index in [-0.39, 0.29) is 47.4 Å². The molecular weight excluding hydrogens is 441 g/mol. The predicted molar refractivity (Wildman–Crippen MR) is 107 cm³/mol. The number of halogens is 4. The lowest BCUT2D eigenvalue weighted by molar-refractivity contribution is -0.140. The van der Waals surface area contributed by atoms with Crippen LogP contribution in [0.2, 0.25) is 5.02 Å². The predicted octanol–water partition coefficient (Wildman–Crippen LogP) is 3.81. The molecule has 0 N–H and O–H groups in total. The number of para-hydroxylation sites is 2. The minimum atomic E-state index is -4.68. The third kappa shape index (κ3) is 3.94. The van der Waals surface area contributed by atoms with Crippen LogP contribution in [0.1, 0.15) is 5.69 Å². The third-order valence-electron chi connectivity index (χ3n) is 4.79. The van der Waals surface area contributed by atoms with Crippen molar-refractivity contribution in [3.63, 3.8) is 0 Å². The van der Waals surface area contributed by atoms with Gasteiger partial charge in [0, 0.05) is 31.2 Å². The van der Waals surface area contributed by atoms with E-state index in [2.05, 4.69) is 9.97 Å².